The van der Waals surface area contributed by atoms with Crippen LogP contribution in [-0.4, -0.2) is 20.1 Å². The molecule has 0 unspecified atom stereocenters. The van der Waals surface area contributed by atoms with Crippen molar-refractivity contribution >= 4 is 23.0 Å². The van der Waals surface area contributed by atoms with Crippen LogP contribution in [0.1, 0.15) is 47.0 Å². The largest absolute Gasteiger partial charge is 0.382 e. The van der Waals surface area contributed by atoms with Crippen molar-refractivity contribution in [3.05, 3.63) is 23.2 Å². The van der Waals surface area contributed by atoms with Crippen molar-refractivity contribution in [3.63, 3.8) is 0 Å². The molecule has 0 heterocycles. The molecule has 1 aliphatic carbocycles. The third-order valence-corrected chi connectivity index (χ3v) is 4.66. The molecule has 1 N–H and O–H groups in total. The van der Waals surface area contributed by atoms with Crippen LogP contribution in [0.15, 0.2) is 18.2 Å². The lowest BCUT2D eigenvalue weighted by molar-refractivity contribution is 0.105. The van der Waals surface area contributed by atoms with Crippen molar-refractivity contribution in [2.24, 2.45) is 10.8 Å². The minimum Gasteiger partial charge on any atom is -0.382 e. The zero-order valence-corrected chi connectivity index (χ0v) is 15.0. The standard InChI is InChI=1S/C18H29ClN2/c1-17(2)10-14(11-18(3,4)12-17)20-13-7-8-16(21(5)6)15(19)9-13/h7-9,14,20H,10-12H2,1-6H3. The number of benzene rings is 1. The van der Waals surface area contributed by atoms with Crippen LogP contribution in [0.3, 0.4) is 0 Å². The summed E-state index contributed by atoms with van der Waals surface area (Å²) in [6.07, 6.45) is 3.71. The number of rotatable bonds is 3. The van der Waals surface area contributed by atoms with Gasteiger partial charge in [-0.05, 0) is 48.3 Å². The van der Waals surface area contributed by atoms with Gasteiger partial charge in [-0.3, -0.25) is 0 Å². The van der Waals surface area contributed by atoms with Crippen LogP contribution in [0.25, 0.3) is 0 Å². The third kappa shape index (κ3) is 4.29. The molecular formula is C18H29ClN2. The molecule has 0 amide bonds. The Bertz CT molecular complexity index is 490. The molecule has 1 aromatic carbocycles. The van der Waals surface area contributed by atoms with E-state index in [4.69, 9.17) is 11.6 Å². The summed E-state index contributed by atoms with van der Waals surface area (Å²) in [5.41, 5.74) is 2.98. The first-order valence-electron chi connectivity index (χ1n) is 7.81. The molecule has 118 valence electrons. The lowest BCUT2D eigenvalue weighted by atomic mass is 9.63. The average Bonchev–Trinajstić information content (AvgIpc) is 2.23. The Kier molecular flexibility index (Phi) is 4.49. The van der Waals surface area contributed by atoms with Gasteiger partial charge in [0.15, 0.2) is 0 Å². The topological polar surface area (TPSA) is 15.3 Å². The number of hydrogen-bond donors (Lipinski definition) is 1. The van der Waals surface area contributed by atoms with Crippen LogP contribution in [0.2, 0.25) is 5.02 Å². The first-order valence-corrected chi connectivity index (χ1v) is 8.19. The quantitative estimate of drug-likeness (QED) is 0.801. The van der Waals surface area contributed by atoms with Crippen molar-refractivity contribution in [2.45, 2.75) is 53.0 Å². The van der Waals surface area contributed by atoms with E-state index < -0.39 is 0 Å². The molecule has 0 aromatic heterocycles. The molecule has 3 heteroatoms. The zero-order chi connectivity index (χ0) is 15.8. The maximum absolute atomic E-state index is 6.37. The van der Waals surface area contributed by atoms with E-state index >= 15 is 0 Å². The fraction of sp³-hybridized carbons (Fsp3) is 0.667. The van der Waals surface area contributed by atoms with E-state index in [0.29, 0.717) is 16.9 Å². The van der Waals surface area contributed by atoms with E-state index in [0.717, 1.165) is 16.4 Å². The van der Waals surface area contributed by atoms with Crippen molar-refractivity contribution in [3.8, 4) is 0 Å². The smallest absolute Gasteiger partial charge is 0.0659 e. The molecule has 1 aromatic rings. The van der Waals surface area contributed by atoms with Crippen LogP contribution < -0.4 is 10.2 Å². The lowest BCUT2D eigenvalue weighted by Gasteiger charge is -2.45. The van der Waals surface area contributed by atoms with Crippen LogP contribution in [-0.2, 0) is 0 Å². The highest BCUT2D eigenvalue weighted by molar-refractivity contribution is 6.33. The van der Waals surface area contributed by atoms with Crippen LogP contribution in [0.4, 0.5) is 11.4 Å². The number of nitrogens with one attached hydrogen (secondary N) is 1. The zero-order valence-electron chi connectivity index (χ0n) is 14.3. The molecule has 2 rings (SSSR count). The molecule has 1 saturated carbocycles. The molecule has 0 spiro atoms. The van der Waals surface area contributed by atoms with Gasteiger partial charge in [0.05, 0.1) is 10.7 Å². The van der Waals surface area contributed by atoms with E-state index in [9.17, 15) is 0 Å². The van der Waals surface area contributed by atoms with E-state index in [1.165, 1.54) is 19.3 Å². The van der Waals surface area contributed by atoms with Gasteiger partial charge in [-0.15, -0.1) is 0 Å². The highest BCUT2D eigenvalue weighted by Gasteiger charge is 2.38. The Morgan fingerprint density at radius 3 is 2.14 bits per heavy atom. The van der Waals surface area contributed by atoms with E-state index in [1.54, 1.807) is 0 Å². The maximum atomic E-state index is 6.37. The molecule has 0 radical (unpaired) electrons. The predicted octanol–water partition coefficient (Wildman–Crippen LogP) is 5.42. The highest BCUT2D eigenvalue weighted by Crippen LogP contribution is 2.46. The van der Waals surface area contributed by atoms with Gasteiger partial charge in [-0.2, -0.15) is 0 Å². The van der Waals surface area contributed by atoms with E-state index in [1.807, 2.05) is 25.1 Å². The minimum absolute atomic E-state index is 0.396. The molecular weight excluding hydrogens is 280 g/mol. The predicted molar refractivity (Wildman–Crippen MR) is 94.6 cm³/mol. The number of hydrogen-bond acceptors (Lipinski definition) is 2. The molecule has 1 aliphatic rings. The SMILES string of the molecule is CN(C)c1ccc(NC2CC(C)(C)CC(C)(C)C2)cc1Cl. The molecule has 0 saturated heterocycles. The van der Waals surface area contributed by atoms with Gasteiger partial charge in [-0.25, -0.2) is 0 Å². The Balaban J connectivity index is 2.13. The maximum Gasteiger partial charge on any atom is 0.0659 e. The summed E-state index contributed by atoms with van der Waals surface area (Å²) in [6.45, 7) is 9.52. The Hall–Kier alpha value is -0.890. The highest BCUT2D eigenvalue weighted by atomic mass is 35.5. The second kappa shape index (κ2) is 5.72. The van der Waals surface area contributed by atoms with Crippen molar-refractivity contribution < 1.29 is 0 Å². The van der Waals surface area contributed by atoms with Gasteiger partial charge in [0.2, 0.25) is 0 Å². The van der Waals surface area contributed by atoms with Crippen molar-refractivity contribution in [1.29, 1.82) is 0 Å². The number of anilines is 2. The van der Waals surface area contributed by atoms with Crippen LogP contribution in [0, 0.1) is 10.8 Å². The van der Waals surface area contributed by atoms with E-state index in [2.05, 4.69) is 45.1 Å². The molecule has 0 aliphatic heterocycles. The summed E-state index contributed by atoms with van der Waals surface area (Å²) < 4.78 is 0. The number of nitrogens with zero attached hydrogens (tertiary/aromatic N) is 1. The Morgan fingerprint density at radius 1 is 1.10 bits per heavy atom. The molecule has 2 nitrogen and oxygen atoms in total. The van der Waals surface area contributed by atoms with Gasteiger partial charge >= 0.3 is 0 Å². The number of halogens is 1. The molecule has 1 fully saturated rings. The third-order valence-electron chi connectivity index (χ3n) is 4.36. The average molecular weight is 309 g/mol. The first-order chi connectivity index (χ1) is 9.58. The summed E-state index contributed by atoms with van der Waals surface area (Å²) in [4.78, 5) is 2.04. The van der Waals surface area contributed by atoms with Gasteiger partial charge in [0.25, 0.3) is 0 Å². The summed E-state index contributed by atoms with van der Waals surface area (Å²) in [7, 11) is 4.03. The van der Waals surface area contributed by atoms with Crippen molar-refractivity contribution in [2.75, 3.05) is 24.3 Å². The fourth-order valence-electron chi connectivity index (χ4n) is 4.14. The molecule has 0 bridgehead atoms. The van der Waals surface area contributed by atoms with Gasteiger partial charge in [0, 0.05) is 25.8 Å². The summed E-state index contributed by atoms with van der Waals surface area (Å²) in [5, 5.41) is 4.50. The summed E-state index contributed by atoms with van der Waals surface area (Å²) in [6, 6.07) is 6.79. The van der Waals surface area contributed by atoms with Crippen LogP contribution in [0.5, 0.6) is 0 Å². The lowest BCUT2D eigenvalue weighted by Crippen LogP contribution is -2.40. The van der Waals surface area contributed by atoms with Gasteiger partial charge < -0.3 is 10.2 Å². The first kappa shape index (κ1) is 16.5. The monoisotopic (exact) mass is 308 g/mol. The second-order valence-corrected chi connectivity index (χ2v) is 8.72. The Morgan fingerprint density at radius 2 is 1.67 bits per heavy atom. The van der Waals surface area contributed by atoms with Gasteiger partial charge in [0.1, 0.15) is 0 Å². The Labute approximate surface area is 134 Å². The molecule has 21 heavy (non-hydrogen) atoms. The fourth-order valence-corrected chi connectivity index (χ4v) is 4.49. The second-order valence-electron chi connectivity index (χ2n) is 8.32. The van der Waals surface area contributed by atoms with Gasteiger partial charge in [-0.1, -0.05) is 39.3 Å². The summed E-state index contributed by atoms with van der Waals surface area (Å²) >= 11 is 6.37. The van der Waals surface area contributed by atoms with Crippen molar-refractivity contribution in [1.82, 2.24) is 0 Å². The summed E-state index contributed by atoms with van der Waals surface area (Å²) in [5.74, 6) is 0. The molecule has 0 atom stereocenters. The van der Waals surface area contributed by atoms with E-state index in [-0.39, 0.29) is 0 Å². The minimum atomic E-state index is 0.396. The normalized spacial score (nSPS) is 21.1. The van der Waals surface area contributed by atoms with Crippen LogP contribution >= 0.6 is 11.6 Å².